The van der Waals surface area contributed by atoms with Crippen molar-refractivity contribution < 1.29 is 14.3 Å². The van der Waals surface area contributed by atoms with Crippen LogP contribution in [0.15, 0.2) is 18.2 Å². The van der Waals surface area contributed by atoms with E-state index >= 15 is 0 Å². The van der Waals surface area contributed by atoms with E-state index in [1.807, 2.05) is 37.2 Å². The smallest absolute Gasteiger partial charge is 0.350 e. The topological polar surface area (TPSA) is 38.8 Å². The Hall–Kier alpha value is -1.75. The van der Waals surface area contributed by atoms with Gasteiger partial charge >= 0.3 is 5.97 Å². The van der Waals surface area contributed by atoms with Crippen LogP contribution >= 0.6 is 11.3 Å². The molecular formula is C13H15NO3S. The molecule has 0 unspecified atom stereocenters. The molecule has 0 N–H and O–H groups in total. The Balaban J connectivity index is 2.81. The maximum Gasteiger partial charge on any atom is 0.350 e. The minimum atomic E-state index is -0.318. The van der Waals surface area contributed by atoms with E-state index in [1.165, 1.54) is 18.4 Å². The van der Waals surface area contributed by atoms with E-state index in [1.54, 1.807) is 7.11 Å². The molecule has 0 bridgehead atoms. The Morgan fingerprint density at radius 3 is 2.56 bits per heavy atom. The Labute approximate surface area is 110 Å². The average Bonchev–Trinajstić information content (AvgIpc) is 2.76. The highest BCUT2D eigenvalue weighted by Crippen LogP contribution is 2.42. The quantitative estimate of drug-likeness (QED) is 0.800. The SMILES string of the molecule is COC(=O)c1sc2cccc(OC)c2c1N(C)C. The summed E-state index contributed by atoms with van der Waals surface area (Å²) in [6.45, 7) is 0. The molecule has 0 atom stereocenters. The Morgan fingerprint density at radius 2 is 2.00 bits per heavy atom. The second kappa shape index (κ2) is 4.86. The Bertz CT molecular complexity index is 589. The van der Waals surface area contributed by atoms with Crippen LogP contribution in [0.5, 0.6) is 5.75 Å². The second-order valence-corrected chi connectivity index (χ2v) is 5.05. The molecule has 1 aromatic heterocycles. The van der Waals surface area contributed by atoms with Crippen molar-refractivity contribution in [2.75, 3.05) is 33.2 Å². The first-order valence-corrected chi connectivity index (χ1v) is 6.27. The first-order valence-electron chi connectivity index (χ1n) is 5.45. The van der Waals surface area contributed by atoms with Crippen LogP contribution in [0.4, 0.5) is 5.69 Å². The molecule has 0 amide bonds. The lowest BCUT2D eigenvalue weighted by atomic mass is 10.2. The number of esters is 1. The number of hydrogen-bond donors (Lipinski definition) is 0. The zero-order chi connectivity index (χ0) is 13.3. The van der Waals surface area contributed by atoms with E-state index in [0.29, 0.717) is 4.88 Å². The Morgan fingerprint density at radius 1 is 1.28 bits per heavy atom. The fraction of sp³-hybridized carbons (Fsp3) is 0.308. The largest absolute Gasteiger partial charge is 0.496 e. The van der Waals surface area contributed by atoms with Gasteiger partial charge in [-0.1, -0.05) is 6.07 Å². The predicted molar refractivity (Wildman–Crippen MR) is 74.0 cm³/mol. The van der Waals surface area contributed by atoms with Crippen LogP contribution in [-0.4, -0.2) is 34.3 Å². The van der Waals surface area contributed by atoms with Crippen LogP contribution in [0.2, 0.25) is 0 Å². The van der Waals surface area contributed by atoms with E-state index in [2.05, 4.69) is 0 Å². The van der Waals surface area contributed by atoms with Crippen molar-refractivity contribution >= 4 is 33.1 Å². The lowest BCUT2D eigenvalue weighted by molar-refractivity contribution is 0.0607. The second-order valence-electron chi connectivity index (χ2n) is 4.00. The molecule has 0 aliphatic rings. The average molecular weight is 265 g/mol. The molecule has 96 valence electrons. The maximum absolute atomic E-state index is 11.8. The number of benzene rings is 1. The summed E-state index contributed by atoms with van der Waals surface area (Å²) in [5.41, 5.74) is 0.847. The fourth-order valence-electron chi connectivity index (χ4n) is 1.93. The maximum atomic E-state index is 11.8. The molecule has 1 heterocycles. The van der Waals surface area contributed by atoms with E-state index in [-0.39, 0.29) is 5.97 Å². The van der Waals surface area contributed by atoms with Gasteiger partial charge in [-0.05, 0) is 12.1 Å². The zero-order valence-electron chi connectivity index (χ0n) is 10.8. The fourth-order valence-corrected chi connectivity index (χ4v) is 3.14. The van der Waals surface area contributed by atoms with Crippen molar-refractivity contribution in [2.24, 2.45) is 0 Å². The van der Waals surface area contributed by atoms with Gasteiger partial charge in [-0.15, -0.1) is 11.3 Å². The first-order chi connectivity index (χ1) is 8.60. The highest BCUT2D eigenvalue weighted by molar-refractivity contribution is 7.21. The summed E-state index contributed by atoms with van der Waals surface area (Å²) in [6, 6.07) is 5.78. The molecule has 0 aliphatic carbocycles. The summed E-state index contributed by atoms with van der Waals surface area (Å²) in [5, 5.41) is 0.954. The molecule has 2 aromatic rings. The minimum Gasteiger partial charge on any atom is -0.496 e. The molecule has 0 radical (unpaired) electrons. The first kappa shape index (κ1) is 12.7. The van der Waals surface area contributed by atoms with Gasteiger partial charge in [0.15, 0.2) is 0 Å². The van der Waals surface area contributed by atoms with Crippen molar-refractivity contribution in [3.8, 4) is 5.75 Å². The van der Waals surface area contributed by atoms with Gasteiger partial charge in [0.2, 0.25) is 0 Å². The van der Waals surface area contributed by atoms with Crippen molar-refractivity contribution in [3.05, 3.63) is 23.1 Å². The highest BCUT2D eigenvalue weighted by atomic mass is 32.1. The van der Waals surface area contributed by atoms with Crippen molar-refractivity contribution in [1.29, 1.82) is 0 Å². The number of carbonyl (C=O) groups is 1. The van der Waals surface area contributed by atoms with Crippen molar-refractivity contribution in [2.45, 2.75) is 0 Å². The van der Waals surface area contributed by atoms with E-state index in [4.69, 9.17) is 9.47 Å². The normalized spacial score (nSPS) is 10.4. The molecule has 1 aromatic carbocycles. The Kier molecular flexibility index (Phi) is 3.43. The van der Waals surface area contributed by atoms with Crippen LogP contribution in [0.1, 0.15) is 9.67 Å². The molecule has 0 fully saturated rings. The summed E-state index contributed by atoms with van der Waals surface area (Å²) >= 11 is 1.42. The summed E-state index contributed by atoms with van der Waals surface area (Å²) in [6.07, 6.45) is 0. The van der Waals surface area contributed by atoms with Crippen LogP contribution in [0.3, 0.4) is 0 Å². The number of nitrogens with zero attached hydrogens (tertiary/aromatic N) is 1. The molecular weight excluding hydrogens is 250 g/mol. The van der Waals surface area contributed by atoms with Crippen LogP contribution in [-0.2, 0) is 4.74 Å². The third kappa shape index (κ3) is 1.90. The molecule has 5 heteroatoms. The van der Waals surface area contributed by atoms with Gasteiger partial charge in [-0.2, -0.15) is 0 Å². The van der Waals surface area contributed by atoms with Crippen molar-refractivity contribution in [3.63, 3.8) is 0 Å². The lowest BCUT2D eigenvalue weighted by Gasteiger charge is -2.14. The number of hydrogen-bond acceptors (Lipinski definition) is 5. The van der Waals surface area contributed by atoms with Gasteiger partial charge in [-0.3, -0.25) is 0 Å². The van der Waals surface area contributed by atoms with E-state index in [9.17, 15) is 4.79 Å². The molecule has 18 heavy (non-hydrogen) atoms. The van der Waals surface area contributed by atoms with Crippen LogP contribution < -0.4 is 9.64 Å². The number of methoxy groups -OCH3 is 2. The standard InChI is InChI=1S/C13H15NO3S/c1-14(2)11-10-8(16-3)6-5-7-9(10)18-12(11)13(15)17-4/h5-7H,1-4H3. The lowest BCUT2D eigenvalue weighted by Crippen LogP contribution is -2.12. The van der Waals surface area contributed by atoms with Crippen LogP contribution in [0, 0.1) is 0 Å². The van der Waals surface area contributed by atoms with E-state index in [0.717, 1.165) is 21.5 Å². The minimum absolute atomic E-state index is 0.318. The van der Waals surface area contributed by atoms with Gasteiger partial charge in [0.1, 0.15) is 10.6 Å². The molecule has 0 aliphatic heterocycles. The molecule has 4 nitrogen and oxygen atoms in total. The highest BCUT2D eigenvalue weighted by Gasteiger charge is 2.22. The van der Waals surface area contributed by atoms with Crippen molar-refractivity contribution in [1.82, 2.24) is 0 Å². The number of carbonyl (C=O) groups excluding carboxylic acids is 1. The number of thiophene rings is 1. The monoisotopic (exact) mass is 265 g/mol. The summed E-state index contributed by atoms with van der Waals surface area (Å²) in [5.74, 6) is 0.449. The number of ether oxygens (including phenoxy) is 2. The number of rotatable bonds is 3. The number of anilines is 1. The van der Waals surface area contributed by atoms with Gasteiger partial charge in [0, 0.05) is 18.8 Å². The van der Waals surface area contributed by atoms with Gasteiger partial charge in [0.05, 0.1) is 25.3 Å². The van der Waals surface area contributed by atoms with Gasteiger partial charge < -0.3 is 14.4 Å². The van der Waals surface area contributed by atoms with Gasteiger partial charge in [-0.25, -0.2) is 4.79 Å². The predicted octanol–water partition coefficient (Wildman–Crippen LogP) is 2.76. The summed E-state index contributed by atoms with van der Waals surface area (Å²) < 4.78 is 11.2. The van der Waals surface area contributed by atoms with Gasteiger partial charge in [0.25, 0.3) is 0 Å². The van der Waals surface area contributed by atoms with Crippen LogP contribution in [0.25, 0.3) is 10.1 Å². The number of fused-ring (bicyclic) bond motifs is 1. The third-order valence-corrected chi connectivity index (χ3v) is 3.81. The van der Waals surface area contributed by atoms with E-state index < -0.39 is 0 Å². The summed E-state index contributed by atoms with van der Waals surface area (Å²) in [7, 11) is 6.83. The summed E-state index contributed by atoms with van der Waals surface area (Å²) in [4.78, 5) is 14.3. The zero-order valence-corrected chi connectivity index (χ0v) is 11.6. The molecule has 0 spiro atoms. The molecule has 0 saturated heterocycles. The molecule has 2 rings (SSSR count). The molecule has 0 saturated carbocycles. The third-order valence-electron chi connectivity index (χ3n) is 2.69.